The summed E-state index contributed by atoms with van der Waals surface area (Å²) in [5.41, 5.74) is 2.78. The zero-order valence-corrected chi connectivity index (χ0v) is 21.0. The summed E-state index contributed by atoms with van der Waals surface area (Å²) in [6, 6.07) is 11.1. The summed E-state index contributed by atoms with van der Waals surface area (Å²) < 4.78 is 20.7. The van der Waals surface area contributed by atoms with Crippen LogP contribution in [0.15, 0.2) is 53.6 Å². The number of benzene rings is 1. The maximum absolute atomic E-state index is 13.0. The Morgan fingerprint density at radius 1 is 0.972 bits per heavy atom. The van der Waals surface area contributed by atoms with Gasteiger partial charge in [0, 0.05) is 31.9 Å². The third-order valence-corrected chi connectivity index (χ3v) is 5.74. The Hall–Kier alpha value is -4.01. The number of carbonyl (C=O) groups is 1. The quantitative estimate of drug-likeness (QED) is 0.322. The average Bonchev–Trinajstić information content (AvgIpc) is 3.38. The van der Waals surface area contributed by atoms with E-state index < -0.39 is 0 Å². The fraction of sp³-hybridized carbons (Fsp3) is 0.370. The molecule has 4 aromatic rings. The molecule has 0 bridgehead atoms. The number of rotatable bonds is 12. The number of hydrogen-bond donors (Lipinski definition) is 1. The van der Waals surface area contributed by atoms with E-state index in [2.05, 4.69) is 10.3 Å². The first-order valence-corrected chi connectivity index (χ1v) is 12.3. The summed E-state index contributed by atoms with van der Waals surface area (Å²) in [5, 5.41) is 2.95. The molecule has 0 atom stereocenters. The van der Waals surface area contributed by atoms with Crippen molar-refractivity contribution < 1.29 is 19.0 Å². The number of nitrogens with one attached hydrogen (secondary N) is 1. The normalized spacial score (nSPS) is 11.1. The molecule has 0 saturated heterocycles. The number of ether oxygens (including phenoxy) is 3. The number of aryl methyl sites for hydroxylation is 1. The summed E-state index contributed by atoms with van der Waals surface area (Å²) in [6.07, 6.45) is 4.31. The van der Waals surface area contributed by atoms with Gasteiger partial charge in [-0.2, -0.15) is 0 Å². The number of aromatic nitrogens is 3. The van der Waals surface area contributed by atoms with Crippen LogP contribution in [0.4, 0.5) is 0 Å². The fourth-order valence-corrected chi connectivity index (χ4v) is 4.22. The van der Waals surface area contributed by atoms with Crippen molar-refractivity contribution in [3.8, 4) is 17.2 Å². The maximum atomic E-state index is 13.0. The van der Waals surface area contributed by atoms with Gasteiger partial charge in [-0.3, -0.25) is 14.2 Å². The van der Waals surface area contributed by atoms with E-state index in [9.17, 15) is 9.59 Å². The van der Waals surface area contributed by atoms with Crippen LogP contribution in [-0.2, 0) is 17.9 Å². The van der Waals surface area contributed by atoms with Crippen LogP contribution in [0.25, 0.3) is 16.7 Å². The average molecular weight is 493 g/mol. The minimum absolute atomic E-state index is 0.103. The summed E-state index contributed by atoms with van der Waals surface area (Å²) in [4.78, 5) is 30.0. The van der Waals surface area contributed by atoms with Gasteiger partial charge < -0.3 is 23.9 Å². The van der Waals surface area contributed by atoms with Crippen LogP contribution in [0.3, 0.4) is 0 Å². The lowest BCUT2D eigenvalue weighted by Crippen LogP contribution is -2.26. The van der Waals surface area contributed by atoms with Crippen LogP contribution >= 0.6 is 0 Å². The molecule has 1 amide bonds. The zero-order valence-electron chi connectivity index (χ0n) is 21.0. The predicted octanol–water partition coefficient (Wildman–Crippen LogP) is 3.94. The van der Waals surface area contributed by atoms with E-state index in [-0.39, 0.29) is 17.9 Å². The van der Waals surface area contributed by atoms with Crippen LogP contribution < -0.4 is 25.1 Å². The van der Waals surface area contributed by atoms with Crippen molar-refractivity contribution in [3.05, 3.63) is 64.7 Å². The first-order valence-electron chi connectivity index (χ1n) is 12.3. The summed E-state index contributed by atoms with van der Waals surface area (Å²) >= 11 is 0. The van der Waals surface area contributed by atoms with Crippen molar-refractivity contribution in [3.63, 3.8) is 0 Å². The molecule has 9 nitrogen and oxygen atoms in total. The van der Waals surface area contributed by atoms with Gasteiger partial charge in [0.25, 0.3) is 5.56 Å². The lowest BCUT2D eigenvalue weighted by Gasteiger charge is -2.17. The van der Waals surface area contributed by atoms with Crippen molar-refractivity contribution in [1.82, 2.24) is 19.3 Å². The van der Waals surface area contributed by atoms with Crippen LogP contribution in [0.2, 0.25) is 0 Å². The highest BCUT2D eigenvalue weighted by atomic mass is 16.5. The molecule has 4 rings (SSSR count). The van der Waals surface area contributed by atoms with Crippen LogP contribution in [0, 0.1) is 0 Å². The number of fused-ring (bicyclic) bond motifs is 3. The van der Waals surface area contributed by atoms with E-state index in [0.29, 0.717) is 67.7 Å². The molecule has 36 heavy (non-hydrogen) atoms. The van der Waals surface area contributed by atoms with Crippen LogP contribution in [-0.4, -0.2) is 39.7 Å². The SMILES string of the molecule is CCOc1cc(CNC(=O)CCCn2c(=O)c3cccn3c3cccnc32)cc(OCC)c1OCC. The largest absolute Gasteiger partial charge is 0.490 e. The smallest absolute Gasteiger partial charge is 0.276 e. The van der Waals surface area contributed by atoms with Gasteiger partial charge in [0.15, 0.2) is 17.1 Å². The Kier molecular flexibility index (Phi) is 8.10. The van der Waals surface area contributed by atoms with Crippen molar-refractivity contribution in [2.45, 2.75) is 46.7 Å². The van der Waals surface area contributed by atoms with E-state index in [1.807, 2.05) is 61.7 Å². The second kappa shape index (κ2) is 11.6. The first-order chi connectivity index (χ1) is 17.6. The molecule has 0 aliphatic rings. The molecule has 1 aromatic carbocycles. The van der Waals surface area contributed by atoms with Gasteiger partial charge in [-0.1, -0.05) is 0 Å². The number of amides is 1. The highest BCUT2D eigenvalue weighted by molar-refractivity contribution is 5.76. The van der Waals surface area contributed by atoms with Gasteiger partial charge in [0.1, 0.15) is 5.52 Å². The van der Waals surface area contributed by atoms with Gasteiger partial charge in [0.05, 0.1) is 25.3 Å². The molecule has 3 aromatic heterocycles. The highest BCUT2D eigenvalue weighted by Crippen LogP contribution is 2.39. The maximum Gasteiger partial charge on any atom is 0.276 e. The Labute approximate surface area is 209 Å². The van der Waals surface area contributed by atoms with E-state index in [1.54, 1.807) is 16.8 Å². The number of hydrogen-bond acceptors (Lipinski definition) is 6. The lowest BCUT2D eigenvalue weighted by atomic mass is 10.1. The fourth-order valence-electron chi connectivity index (χ4n) is 4.22. The predicted molar refractivity (Wildman–Crippen MR) is 138 cm³/mol. The standard InChI is InChI=1S/C27H32N4O5/c1-4-34-22-16-19(17-23(35-5-2)25(22)36-6-3)18-29-24(32)12-9-15-31-26-20(10-7-13-28-26)30-14-8-11-21(30)27(31)33/h7-8,10-11,13-14,16-17H,4-6,9,12,15,18H2,1-3H3,(H,29,32). The molecule has 3 heterocycles. The molecule has 0 aliphatic heterocycles. The van der Waals surface area contributed by atoms with E-state index >= 15 is 0 Å². The van der Waals surface area contributed by atoms with Crippen molar-refractivity contribution >= 4 is 22.6 Å². The summed E-state index contributed by atoms with van der Waals surface area (Å²) in [7, 11) is 0. The Bertz CT molecular complexity index is 1380. The van der Waals surface area contributed by atoms with Gasteiger partial charge >= 0.3 is 0 Å². The molecule has 0 fully saturated rings. The molecular weight excluding hydrogens is 460 g/mol. The number of nitrogens with zero attached hydrogens (tertiary/aromatic N) is 3. The first kappa shape index (κ1) is 25.1. The number of pyridine rings is 1. The molecule has 0 unspecified atom stereocenters. The lowest BCUT2D eigenvalue weighted by molar-refractivity contribution is -0.121. The topological polar surface area (TPSA) is 96.1 Å². The Morgan fingerprint density at radius 3 is 2.36 bits per heavy atom. The molecule has 190 valence electrons. The van der Waals surface area contributed by atoms with E-state index in [0.717, 1.165) is 11.1 Å². The van der Waals surface area contributed by atoms with Gasteiger partial charge in [-0.15, -0.1) is 0 Å². The van der Waals surface area contributed by atoms with Crippen molar-refractivity contribution in [2.24, 2.45) is 0 Å². The third-order valence-electron chi connectivity index (χ3n) is 5.74. The summed E-state index contributed by atoms with van der Waals surface area (Å²) in [6.45, 7) is 7.90. The Balaban J connectivity index is 1.42. The third kappa shape index (κ3) is 5.30. The molecule has 9 heteroatoms. The molecule has 0 aliphatic carbocycles. The minimum Gasteiger partial charge on any atom is -0.490 e. The van der Waals surface area contributed by atoms with Crippen LogP contribution in [0.5, 0.6) is 17.2 Å². The second-order valence-corrected chi connectivity index (χ2v) is 8.17. The molecule has 1 N–H and O–H groups in total. The molecule has 0 saturated carbocycles. The molecule has 0 spiro atoms. The van der Waals surface area contributed by atoms with Crippen molar-refractivity contribution in [2.75, 3.05) is 19.8 Å². The summed E-state index contributed by atoms with van der Waals surface area (Å²) in [5.74, 6) is 1.65. The van der Waals surface area contributed by atoms with E-state index in [1.165, 1.54) is 0 Å². The zero-order chi connectivity index (χ0) is 25.5. The van der Waals surface area contributed by atoms with Gasteiger partial charge in [0.2, 0.25) is 11.7 Å². The minimum atomic E-state index is -0.118. The van der Waals surface area contributed by atoms with E-state index in [4.69, 9.17) is 14.2 Å². The number of carbonyl (C=O) groups excluding carboxylic acids is 1. The van der Waals surface area contributed by atoms with Gasteiger partial charge in [-0.05, 0) is 69.2 Å². The van der Waals surface area contributed by atoms with Gasteiger partial charge in [-0.25, -0.2) is 4.98 Å². The second-order valence-electron chi connectivity index (χ2n) is 8.17. The Morgan fingerprint density at radius 2 is 1.67 bits per heavy atom. The van der Waals surface area contributed by atoms with Crippen molar-refractivity contribution in [1.29, 1.82) is 0 Å². The van der Waals surface area contributed by atoms with Crippen LogP contribution in [0.1, 0.15) is 39.2 Å². The monoisotopic (exact) mass is 492 g/mol. The highest BCUT2D eigenvalue weighted by Gasteiger charge is 2.16. The molecular formula is C27H32N4O5. The molecule has 0 radical (unpaired) electrons.